The van der Waals surface area contributed by atoms with Crippen LogP contribution in [0.25, 0.3) is 0 Å². The molecule has 0 aromatic heterocycles. The number of halogens is 2. The Hall–Kier alpha value is -0.0400. The molecule has 0 saturated heterocycles. The summed E-state index contributed by atoms with van der Waals surface area (Å²) in [7, 11) is 0. The van der Waals surface area contributed by atoms with Crippen LogP contribution < -0.4 is 0 Å². The van der Waals surface area contributed by atoms with Gasteiger partial charge in [-0.2, -0.15) is 0 Å². The van der Waals surface area contributed by atoms with Crippen LogP contribution in [-0.4, -0.2) is 11.5 Å². The van der Waals surface area contributed by atoms with E-state index in [0.717, 1.165) is 12.0 Å². The molecule has 0 nitrogen and oxygen atoms in total. The Bertz CT molecular complexity index is 122. The van der Waals surface area contributed by atoms with E-state index in [1.807, 2.05) is 0 Å². The molecule has 2 heteroatoms. The highest BCUT2D eigenvalue weighted by atomic mass is 35.5. The van der Waals surface area contributed by atoms with E-state index < -0.39 is 6.17 Å². The molecule has 1 aliphatic carbocycles. The lowest BCUT2D eigenvalue weighted by molar-refractivity contribution is 0.286. The summed E-state index contributed by atoms with van der Waals surface area (Å²) in [5.74, 6) is 0. The van der Waals surface area contributed by atoms with Gasteiger partial charge in [-0.05, 0) is 12.8 Å². The van der Waals surface area contributed by atoms with Gasteiger partial charge in [0.1, 0.15) is 6.17 Å². The van der Waals surface area contributed by atoms with Crippen molar-refractivity contribution >= 4 is 11.6 Å². The van der Waals surface area contributed by atoms with Crippen LogP contribution in [0.1, 0.15) is 19.3 Å². The Morgan fingerprint density at radius 3 is 2.67 bits per heavy atom. The standard InChI is InChI=1S/C7H10ClF/c1-5-4-6(9)2-3-7(5)8/h6-7H,1-4H2. The molecule has 9 heavy (non-hydrogen) atoms. The molecule has 0 aliphatic heterocycles. The number of alkyl halides is 2. The number of allylic oxidation sites excluding steroid dienone is 1. The fraction of sp³-hybridized carbons (Fsp3) is 0.714. The van der Waals surface area contributed by atoms with Gasteiger partial charge in [0.15, 0.2) is 0 Å². The molecule has 0 aromatic carbocycles. The summed E-state index contributed by atoms with van der Waals surface area (Å²) in [4.78, 5) is 0. The molecule has 1 aliphatic rings. The molecule has 1 rings (SSSR count). The Kier molecular flexibility index (Phi) is 2.12. The monoisotopic (exact) mass is 148 g/mol. The van der Waals surface area contributed by atoms with E-state index in [4.69, 9.17) is 11.6 Å². The van der Waals surface area contributed by atoms with Crippen LogP contribution in [0.2, 0.25) is 0 Å². The highest BCUT2D eigenvalue weighted by molar-refractivity contribution is 6.22. The van der Waals surface area contributed by atoms with Gasteiger partial charge >= 0.3 is 0 Å². The molecular formula is C7H10ClF. The maximum absolute atomic E-state index is 12.5. The topological polar surface area (TPSA) is 0 Å². The molecule has 2 atom stereocenters. The van der Waals surface area contributed by atoms with E-state index in [1.165, 1.54) is 0 Å². The van der Waals surface area contributed by atoms with Crippen molar-refractivity contribution < 1.29 is 4.39 Å². The van der Waals surface area contributed by atoms with Crippen molar-refractivity contribution in [3.8, 4) is 0 Å². The van der Waals surface area contributed by atoms with Gasteiger partial charge in [0.2, 0.25) is 0 Å². The fourth-order valence-corrected chi connectivity index (χ4v) is 1.26. The normalized spacial score (nSPS) is 36.9. The minimum absolute atomic E-state index is 0.0250. The van der Waals surface area contributed by atoms with Crippen LogP contribution >= 0.6 is 11.6 Å². The number of hydrogen-bond donors (Lipinski definition) is 0. The molecule has 1 saturated carbocycles. The lowest BCUT2D eigenvalue weighted by Crippen LogP contribution is -2.17. The van der Waals surface area contributed by atoms with E-state index in [-0.39, 0.29) is 5.38 Å². The zero-order chi connectivity index (χ0) is 6.85. The van der Waals surface area contributed by atoms with Gasteiger partial charge in [-0.15, -0.1) is 11.6 Å². The summed E-state index contributed by atoms with van der Waals surface area (Å²) < 4.78 is 12.5. The molecule has 52 valence electrons. The first kappa shape index (κ1) is 7.07. The van der Waals surface area contributed by atoms with Gasteiger partial charge in [-0.25, -0.2) is 4.39 Å². The van der Waals surface area contributed by atoms with Crippen molar-refractivity contribution in [1.29, 1.82) is 0 Å². The second kappa shape index (κ2) is 2.70. The summed E-state index contributed by atoms with van der Waals surface area (Å²) in [6.07, 6.45) is 1.13. The van der Waals surface area contributed by atoms with Crippen LogP contribution in [0.5, 0.6) is 0 Å². The fourth-order valence-electron chi connectivity index (χ4n) is 1.05. The van der Waals surface area contributed by atoms with E-state index in [0.29, 0.717) is 12.8 Å². The van der Waals surface area contributed by atoms with Crippen molar-refractivity contribution in [3.05, 3.63) is 12.2 Å². The highest BCUT2D eigenvalue weighted by Gasteiger charge is 2.21. The van der Waals surface area contributed by atoms with Crippen LogP contribution in [-0.2, 0) is 0 Å². The van der Waals surface area contributed by atoms with Crippen molar-refractivity contribution in [2.75, 3.05) is 0 Å². The highest BCUT2D eigenvalue weighted by Crippen LogP contribution is 2.28. The predicted octanol–water partition coefficient (Wildman–Crippen LogP) is 2.67. The third-order valence-electron chi connectivity index (χ3n) is 1.66. The molecular weight excluding hydrogens is 139 g/mol. The van der Waals surface area contributed by atoms with Crippen LogP contribution in [0.3, 0.4) is 0 Å². The van der Waals surface area contributed by atoms with Gasteiger partial charge in [0.25, 0.3) is 0 Å². The van der Waals surface area contributed by atoms with Crippen LogP contribution in [0.4, 0.5) is 4.39 Å². The summed E-state index contributed by atoms with van der Waals surface area (Å²) >= 11 is 5.77. The molecule has 0 radical (unpaired) electrons. The minimum atomic E-state index is -0.688. The third-order valence-corrected chi connectivity index (χ3v) is 2.19. The first-order chi connectivity index (χ1) is 4.20. The minimum Gasteiger partial charge on any atom is -0.247 e. The Balaban J connectivity index is 2.44. The molecule has 2 unspecified atom stereocenters. The van der Waals surface area contributed by atoms with Gasteiger partial charge in [-0.1, -0.05) is 12.2 Å². The largest absolute Gasteiger partial charge is 0.247 e. The Labute approximate surface area is 59.7 Å². The van der Waals surface area contributed by atoms with E-state index in [9.17, 15) is 4.39 Å². The van der Waals surface area contributed by atoms with Crippen LogP contribution in [0.15, 0.2) is 12.2 Å². The average molecular weight is 149 g/mol. The van der Waals surface area contributed by atoms with Crippen molar-refractivity contribution in [2.24, 2.45) is 0 Å². The smallest absolute Gasteiger partial charge is 0.104 e. The summed E-state index contributed by atoms with van der Waals surface area (Å²) in [5, 5.41) is 0.0250. The van der Waals surface area contributed by atoms with Crippen molar-refractivity contribution in [2.45, 2.75) is 30.8 Å². The molecule has 0 amide bonds. The van der Waals surface area contributed by atoms with Gasteiger partial charge in [0.05, 0.1) is 5.38 Å². The van der Waals surface area contributed by atoms with Crippen molar-refractivity contribution in [1.82, 2.24) is 0 Å². The second-order valence-electron chi connectivity index (χ2n) is 2.50. The molecule has 0 heterocycles. The maximum atomic E-state index is 12.5. The molecule has 0 N–H and O–H groups in total. The van der Waals surface area contributed by atoms with Gasteiger partial charge < -0.3 is 0 Å². The first-order valence-corrected chi connectivity index (χ1v) is 3.59. The summed E-state index contributed by atoms with van der Waals surface area (Å²) in [6, 6.07) is 0. The molecule has 0 bridgehead atoms. The van der Waals surface area contributed by atoms with E-state index >= 15 is 0 Å². The Morgan fingerprint density at radius 2 is 2.22 bits per heavy atom. The lowest BCUT2D eigenvalue weighted by atomic mass is 9.94. The summed E-state index contributed by atoms with van der Waals surface area (Å²) in [6.45, 7) is 3.67. The van der Waals surface area contributed by atoms with Crippen LogP contribution in [0, 0.1) is 0 Å². The second-order valence-corrected chi connectivity index (χ2v) is 3.03. The number of hydrogen-bond acceptors (Lipinski definition) is 0. The molecule has 0 aromatic rings. The predicted molar refractivity (Wildman–Crippen MR) is 37.5 cm³/mol. The zero-order valence-corrected chi connectivity index (χ0v) is 5.99. The molecule has 1 fully saturated rings. The quantitative estimate of drug-likeness (QED) is 0.366. The first-order valence-electron chi connectivity index (χ1n) is 3.16. The van der Waals surface area contributed by atoms with Crippen molar-refractivity contribution in [3.63, 3.8) is 0 Å². The maximum Gasteiger partial charge on any atom is 0.104 e. The third kappa shape index (κ3) is 1.68. The lowest BCUT2D eigenvalue weighted by Gasteiger charge is -2.21. The van der Waals surface area contributed by atoms with Gasteiger partial charge in [-0.3, -0.25) is 0 Å². The Morgan fingerprint density at radius 1 is 1.56 bits per heavy atom. The van der Waals surface area contributed by atoms with E-state index in [1.54, 1.807) is 0 Å². The zero-order valence-electron chi connectivity index (χ0n) is 5.24. The molecule has 0 spiro atoms. The van der Waals surface area contributed by atoms with Gasteiger partial charge in [0, 0.05) is 6.42 Å². The average Bonchev–Trinajstić information content (AvgIpc) is 1.80. The van der Waals surface area contributed by atoms with E-state index in [2.05, 4.69) is 6.58 Å². The SMILES string of the molecule is C=C1CC(F)CCC1Cl. The summed E-state index contributed by atoms with van der Waals surface area (Å²) in [5.41, 5.74) is 0.857. The number of rotatable bonds is 0.